The summed E-state index contributed by atoms with van der Waals surface area (Å²) in [6.07, 6.45) is 3.29. The van der Waals surface area contributed by atoms with Crippen LogP contribution in [0.1, 0.15) is 19.2 Å². The molecule has 1 aliphatic heterocycles. The number of hydrogen-bond acceptors (Lipinski definition) is 6. The molecule has 0 aliphatic carbocycles. The standard InChI is InChI=1S/C9H14N4OS/c1-2-7-5-11-9(15-7)10-4-3-8-12-6-14-13-8/h6-7H,2-5H2,1H3,(H,10,11). The van der Waals surface area contributed by atoms with Crippen LogP contribution in [-0.4, -0.2) is 33.6 Å². The number of hydrogen-bond donors (Lipinski definition) is 1. The molecule has 0 spiro atoms. The molecule has 0 saturated heterocycles. The van der Waals surface area contributed by atoms with Gasteiger partial charge < -0.3 is 9.84 Å². The molecule has 2 rings (SSSR count). The Hall–Kier alpha value is -1.04. The normalized spacial score (nSPS) is 20.3. The molecule has 15 heavy (non-hydrogen) atoms. The van der Waals surface area contributed by atoms with E-state index in [1.165, 1.54) is 12.8 Å². The van der Waals surface area contributed by atoms with Crippen molar-refractivity contribution in [1.29, 1.82) is 0 Å². The molecule has 5 nitrogen and oxygen atoms in total. The summed E-state index contributed by atoms with van der Waals surface area (Å²) in [5, 5.41) is 8.71. The Morgan fingerprint density at radius 2 is 2.60 bits per heavy atom. The molecule has 1 aromatic rings. The van der Waals surface area contributed by atoms with E-state index in [0.717, 1.165) is 30.5 Å². The van der Waals surface area contributed by atoms with E-state index in [0.29, 0.717) is 5.25 Å². The number of rotatable bonds is 4. The first-order valence-corrected chi connectivity index (χ1v) is 5.96. The van der Waals surface area contributed by atoms with Crippen LogP contribution >= 0.6 is 11.8 Å². The third kappa shape index (κ3) is 2.95. The molecule has 82 valence electrons. The second-order valence-corrected chi connectivity index (χ2v) is 4.61. The minimum atomic E-state index is 0.651. The molecule has 1 N–H and O–H groups in total. The molecule has 0 aromatic carbocycles. The van der Waals surface area contributed by atoms with Crippen LogP contribution in [0.15, 0.2) is 15.9 Å². The summed E-state index contributed by atoms with van der Waals surface area (Å²) in [5.41, 5.74) is 0. The van der Waals surface area contributed by atoms with Crippen LogP contribution in [0.25, 0.3) is 0 Å². The van der Waals surface area contributed by atoms with Crippen molar-refractivity contribution >= 4 is 16.9 Å². The highest BCUT2D eigenvalue weighted by Gasteiger charge is 2.16. The highest BCUT2D eigenvalue weighted by atomic mass is 32.2. The predicted octanol–water partition coefficient (Wildman–Crippen LogP) is 1.08. The van der Waals surface area contributed by atoms with Crippen LogP contribution in [-0.2, 0) is 6.42 Å². The van der Waals surface area contributed by atoms with Gasteiger partial charge in [-0.3, -0.25) is 4.99 Å². The average molecular weight is 226 g/mol. The zero-order valence-corrected chi connectivity index (χ0v) is 9.46. The van der Waals surface area contributed by atoms with Gasteiger partial charge in [0, 0.05) is 18.2 Å². The quantitative estimate of drug-likeness (QED) is 0.832. The van der Waals surface area contributed by atoms with Crippen LogP contribution < -0.4 is 5.32 Å². The largest absolute Gasteiger partial charge is 0.364 e. The molecule has 0 saturated carbocycles. The minimum absolute atomic E-state index is 0.651. The lowest BCUT2D eigenvalue weighted by molar-refractivity contribution is 0.410. The van der Waals surface area contributed by atoms with Crippen molar-refractivity contribution in [1.82, 2.24) is 15.5 Å². The van der Waals surface area contributed by atoms with Crippen molar-refractivity contribution in [2.45, 2.75) is 25.0 Å². The van der Waals surface area contributed by atoms with Gasteiger partial charge in [0.05, 0.1) is 6.54 Å². The fraction of sp³-hybridized carbons (Fsp3) is 0.667. The first-order chi connectivity index (χ1) is 7.38. The Labute approximate surface area is 92.7 Å². The van der Waals surface area contributed by atoms with Gasteiger partial charge in [-0.15, -0.1) is 0 Å². The van der Waals surface area contributed by atoms with E-state index >= 15 is 0 Å². The molecule has 1 aliphatic rings. The van der Waals surface area contributed by atoms with Crippen molar-refractivity contribution in [2.24, 2.45) is 4.99 Å². The van der Waals surface area contributed by atoms with Crippen LogP contribution in [0.2, 0.25) is 0 Å². The maximum absolute atomic E-state index is 4.65. The van der Waals surface area contributed by atoms with E-state index < -0.39 is 0 Å². The molecule has 0 fully saturated rings. The summed E-state index contributed by atoms with van der Waals surface area (Å²) in [6.45, 7) is 3.93. The number of nitrogens with one attached hydrogen (secondary N) is 1. The van der Waals surface area contributed by atoms with Crippen LogP contribution in [0.4, 0.5) is 0 Å². The summed E-state index contributed by atoms with van der Waals surface area (Å²) in [6, 6.07) is 0. The summed E-state index contributed by atoms with van der Waals surface area (Å²) in [5.74, 6) is 0.734. The Morgan fingerprint density at radius 3 is 3.27 bits per heavy atom. The zero-order valence-electron chi connectivity index (χ0n) is 8.64. The minimum Gasteiger partial charge on any atom is -0.364 e. The SMILES string of the molecule is CCC1CN=C(NCCc2ncon2)S1. The van der Waals surface area contributed by atoms with Gasteiger partial charge in [-0.2, -0.15) is 4.98 Å². The van der Waals surface area contributed by atoms with E-state index in [9.17, 15) is 0 Å². The number of nitrogens with zero attached hydrogens (tertiary/aromatic N) is 3. The van der Waals surface area contributed by atoms with Crippen molar-refractivity contribution in [3.63, 3.8) is 0 Å². The molecule has 6 heteroatoms. The summed E-state index contributed by atoms with van der Waals surface area (Å²) in [7, 11) is 0. The molecule has 2 heterocycles. The third-order valence-electron chi connectivity index (χ3n) is 2.20. The van der Waals surface area contributed by atoms with Crippen molar-refractivity contribution in [2.75, 3.05) is 13.1 Å². The predicted molar refractivity (Wildman–Crippen MR) is 60.0 cm³/mol. The molecule has 0 bridgehead atoms. The summed E-state index contributed by atoms with van der Waals surface area (Å²) < 4.78 is 4.65. The number of amidine groups is 1. The van der Waals surface area contributed by atoms with E-state index in [4.69, 9.17) is 0 Å². The monoisotopic (exact) mass is 226 g/mol. The van der Waals surface area contributed by atoms with E-state index in [-0.39, 0.29) is 0 Å². The maximum atomic E-state index is 4.65. The smallest absolute Gasteiger partial charge is 0.213 e. The lowest BCUT2D eigenvalue weighted by Gasteiger charge is -2.05. The number of aromatic nitrogens is 2. The first-order valence-electron chi connectivity index (χ1n) is 5.08. The second-order valence-electron chi connectivity index (χ2n) is 3.32. The summed E-state index contributed by atoms with van der Waals surface area (Å²) in [4.78, 5) is 8.36. The van der Waals surface area contributed by atoms with Crippen molar-refractivity contribution in [3.8, 4) is 0 Å². The fourth-order valence-electron chi connectivity index (χ4n) is 1.31. The Morgan fingerprint density at radius 1 is 1.67 bits per heavy atom. The highest BCUT2D eigenvalue weighted by molar-refractivity contribution is 8.14. The van der Waals surface area contributed by atoms with Gasteiger partial charge >= 0.3 is 0 Å². The molecule has 1 aromatic heterocycles. The molecular formula is C9H14N4OS. The summed E-state index contributed by atoms with van der Waals surface area (Å²) >= 11 is 1.82. The lowest BCUT2D eigenvalue weighted by atomic mass is 10.3. The Kier molecular flexibility index (Phi) is 3.60. The zero-order chi connectivity index (χ0) is 10.5. The van der Waals surface area contributed by atoms with Gasteiger partial charge in [0.25, 0.3) is 0 Å². The Balaban J connectivity index is 1.67. The highest BCUT2D eigenvalue weighted by Crippen LogP contribution is 2.21. The van der Waals surface area contributed by atoms with Gasteiger partial charge in [-0.05, 0) is 6.42 Å². The molecule has 1 unspecified atom stereocenters. The van der Waals surface area contributed by atoms with Gasteiger partial charge in [0.15, 0.2) is 11.0 Å². The fourth-order valence-corrected chi connectivity index (χ4v) is 2.28. The van der Waals surface area contributed by atoms with Gasteiger partial charge in [-0.1, -0.05) is 23.8 Å². The van der Waals surface area contributed by atoms with Crippen molar-refractivity contribution < 1.29 is 4.52 Å². The van der Waals surface area contributed by atoms with E-state index in [1.807, 2.05) is 11.8 Å². The van der Waals surface area contributed by atoms with Gasteiger partial charge in [-0.25, -0.2) is 0 Å². The average Bonchev–Trinajstić information content (AvgIpc) is 2.88. The second kappa shape index (κ2) is 5.16. The number of aliphatic imine (C=N–C) groups is 1. The molecule has 0 radical (unpaired) electrons. The maximum Gasteiger partial charge on any atom is 0.213 e. The van der Waals surface area contributed by atoms with Crippen LogP contribution in [0, 0.1) is 0 Å². The Bertz CT molecular complexity index is 325. The molecule has 0 amide bonds. The third-order valence-corrected chi connectivity index (χ3v) is 3.52. The molecule has 1 atom stereocenters. The van der Waals surface area contributed by atoms with Crippen LogP contribution in [0.5, 0.6) is 0 Å². The first kappa shape index (κ1) is 10.5. The molecular weight excluding hydrogens is 212 g/mol. The van der Waals surface area contributed by atoms with E-state index in [2.05, 4.69) is 31.9 Å². The van der Waals surface area contributed by atoms with E-state index in [1.54, 1.807) is 0 Å². The number of thioether (sulfide) groups is 1. The lowest BCUT2D eigenvalue weighted by Crippen LogP contribution is -2.22. The van der Waals surface area contributed by atoms with Crippen LogP contribution in [0.3, 0.4) is 0 Å². The topological polar surface area (TPSA) is 63.3 Å². The van der Waals surface area contributed by atoms with Gasteiger partial charge in [0.2, 0.25) is 6.39 Å². The van der Waals surface area contributed by atoms with Crippen molar-refractivity contribution in [3.05, 3.63) is 12.2 Å². The van der Waals surface area contributed by atoms with Gasteiger partial charge in [0.1, 0.15) is 0 Å².